The van der Waals surface area contributed by atoms with Crippen LogP contribution in [0.15, 0.2) is 47.1 Å². The fourth-order valence-electron chi connectivity index (χ4n) is 3.03. The lowest BCUT2D eigenvalue weighted by Crippen LogP contribution is -2.34. The molecule has 0 amide bonds. The molecular weight excluding hydrogens is 320 g/mol. The quantitative estimate of drug-likeness (QED) is 0.340. The van der Waals surface area contributed by atoms with Gasteiger partial charge in [-0.05, 0) is 45.3 Å². The summed E-state index contributed by atoms with van der Waals surface area (Å²) in [5, 5.41) is 0. The van der Waals surface area contributed by atoms with Crippen LogP contribution in [0.4, 0.5) is 0 Å². The second-order valence-electron chi connectivity index (χ2n) is 6.49. The number of carbonyl (C=O) groups excluding carboxylic acids is 3. The molecule has 0 spiro atoms. The molecule has 2 rings (SSSR count). The molecule has 0 saturated carbocycles. The van der Waals surface area contributed by atoms with Crippen LogP contribution in [-0.2, 0) is 23.9 Å². The molecule has 2 aliphatic rings. The van der Waals surface area contributed by atoms with Crippen LogP contribution in [0.5, 0.6) is 0 Å². The van der Waals surface area contributed by atoms with Crippen molar-refractivity contribution in [2.75, 3.05) is 0 Å². The molecule has 0 radical (unpaired) electrons. The van der Waals surface area contributed by atoms with Gasteiger partial charge in [-0.3, -0.25) is 4.79 Å². The highest BCUT2D eigenvalue weighted by atomic mass is 16.6. The molecule has 1 fully saturated rings. The standard InChI is InChI=1S/C20H24O5/c1-5-13(3)19(22)24-17-10-15(11-21)8-6-7-12(2)9-16-18(17)14(4)20(23)25-16/h5,8-9,11,16-18H,4,6-7,10H2,1-3H3/b12-9+,13-5-,15-8+. The number of fused-ring (bicyclic) bond motifs is 1. The molecular formula is C20H24O5. The molecule has 1 aliphatic carbocycles. The highest BCUT2D eigenvalue weighted by molar-refractivity contribution is 5.92. The van der Waals surface area contributed by atoms with Gasteiger partial charge in [-0.15, -0.1) is 0 Å². The summed E-state index contributed by atoms with van der Waals surface area (Å²) in [6.07, 6.45) is 6.67. The van der Waals surface area contributed by atoms with Crippen molar-refractivity contribution in [1.82, 2.24) is 0 Å². The van der Waals surface area contributed by atoms with Crippen molar-refractivity contribution < 1.29 is 23.9 Å². The number of allylic oxidation sites excluding steroid dienone is 3. The van der Waals surface area contributed by atoms with Gasteiger partial charge in [0, 0.05) is 17.6 Å². The SMILES string of the molecule is C=C1C(=O)OC2/C=C(\C)CC/C=C(/C=O)CC(OC(=O)/C(C)=C\C)C12. The number of aldehydes is 1. The van der Waals surface area contributed by atoms with E-state index in [1.165, 1.54) is 0 Å². The van der Waals surface area contributed by atoms with Crippen molar-refractivity contribution in [1.29, 1.82) is 0 Å². The number of hydrogen-bond acceptors (Lipinski definition) is 5. The third-order valence-corrected chi connectivity index (χ3v) is 4.66. The Bertz CT molecular complexity index is 680. The smallest absolute Gasteiger partial charge is 0.334 e. The largest absolute Gasteiger partial charge is 0.458 e. The zero-order valence-corrected chi connectivity index (χ0v) is 14.9. The third-order valence-electron chi connectivity index (χ3n) is 4.66. The van der Waals surface area contributed by atoms with Gasteiger partial charge < -0.3 is 9.47 Å². The van der Waals surface area contributed by atoms with Gasteiger partial charge in [0.25, 0.3) is 0 Å². The van der Waals surface area contributed by atoms with Gasteiger partial charge >= 0.3 is 11.9 Å². The second kappa shape index (κ2) is 8.10. The van der Waals surface area contributed by atoms with Gasteiger partial charge in [0.1, 0.15) is 18.5 Å². The van der Waals surface area contributed by atoms with Crippen molar-refractivity contribution in [2.45, 2.75) is 52.2 Å². The van der Waals surface area contributed by atoms with Crippen LogP contribution in [0.25, 0.3) is 0 Å². The first-order valence-electron chi connectivity index (χ1n) is 8.42. The Balaban J connectivity index is 2.42. The highest BCUT2D eigenvalue weighted by Gasteiger charge is 2.44. The van der Waals surface area contributed by atoms with Crippen LogP contribution in [0.3, 0.4) is 0 Å². The second-order valence-corrected chi connectivity index (χ2v) is 6.49. The minimum absolute atomic E-state index is 0.232. The van der Waals surface area contributed by atoms with Crippen LogP contribution >= 0.6 is 0 Å². The number of ether oxygens (including phenoxy) is 2. The lowest BCUT2D eigenvalue weighted by Gasteiger charge is -2.27. The molecule has 1 heterocycles. The third kappa shape index (κ3) is 4.35. The van der Waals surface area contributed by atoms with Crippen LogP contribution < -0.4 is 0 Å². The molecule has 3 unspecified atom stereocenters. The van der Waals surface area contributed by atoms with E-state index >= 15 is 0 Å². The van der Waals surface area contributed by atoms with Crippen LogP contribution in [0, 0.1) is 5.92 Å². The fourth-order valence-corrected chi connectivity index (χ4v) is 3.03. The maximum Gasteiger partial charge on any atom is 0.334 e. The van der Waals surface area contributed by atoms with Crippen molar-refractivity contribution in [3.05, 3.63) is 47.1 Å². The number of esters is 2. The number of rotatable bonds is 3. The van der Waals surface area contributed by atoms with Crippen molar-refractivity contribution in [3.8, 4) is 0 Å². The van der Waals surface area contributed by atoms with Gasteiger partial charge in [0.2, 0.25) is 0 Å². The predicted octanol–water partition coefficient (Wildman–Crippen LogP) is 3.22. The zero-order chi connectivity index (χ0) is 18.6. The Hall–Kier alpha value is -2.43. The lowest BCUT2D eigenvalue weighted by molar-refractivity contribution is -0.147. The summed E-state index contributed by atoms with van der Waals surface area (Å²) in [6.45, 7) is 9.18. The first kappa shape index (κ1) is 18.9. The molecule has 1 aliphatic heterocycles. The average molecular weight is 344 g/mol. The van der Waals surface area contributed by atoms with E-state index in [9.17, 15) is 14.4 Å². The molecule has 0 aromatic carbocycles. The van der Waals surface area contributed by atoms with Crippen molar-refractivity contribution >= 4 is 18.2 Å². The molecule has 5 nitrogen and oxygen atoms in total. The fraction of sp³-hybridized carbons (Fsp3) is 0.450. The summed E-state index contributed by atoms with van der Waals surface area (Å²) in [4.78, 5) is 35.7. The van der Waals surface area contributed by atoms with Gasteiger partial charge in [0.15, 0.2) is 0 Å². The lowest BCUT2D eigenvalue weighted by atomic mass is 9.85. The Kier molecular flexibility index (Phi) is 6.12. The van der Waals surface area contributed by atoms with E-state index in [1.54, 1.807) is 19.9 Å². The van der Waals surface area contributed by atoms with E-state index in [1.807, 2.05) is 19.1 Å². The van der Waals surface area contributed by atoms with Crippen LogP contribution in [0.2, 0.25) is 0 Å². The van der Waals surface area contributed by atoms with E-state index in [0.717, 1.165) is 18.3 Å². The minimum atomic E-state index is -0.690. The number of hydrogen-bond donors (Lipinski definition) is 0. The van der Waals surface area contributed by atoms with E-state index in [4.69, 9.17) is 9.47 Å². The molecule has 0 N–H and O–H groups in total. The van der Waals surface area contributed by atoms with E-state index in [2.05, 4.69) is 6.58 Å². The van der Waals surface area contributed by atoms with E-state index < -0.39 is 30.1 Å². The molecule has 0 aromatic heterocycles. The van der Waals surface area contributed by atoms with Gasteiger partial charge in [-0.1, -0.05) is 24.3 Å². The maximum atomic E-state index is 12.3. The molecule has 0 bridgehead atoms. The monoisotopic (exact) mass is 344 g/mol. The maximum absolute atomic E-state index is 12.3. The summed E-state index contributed by atoms with van der Waals surface area (Å²) in [7, 11) is 0. The zero-order valence-electron chi connectivity index (χ0n) is 14.9. The van der Waals surface area contributed by atoms with Crippen molar-refractivity contribution in [3.63, 3.8) is 0 Å². The van der Waals surface area contributed by atoms with Crippen LogP contribution in [0.1, 0.15) is 40.0 Å². The Labute approximate surface area is 148 Å². The minimum Gasteiger partial charge on any atom is -0.458 e. The topological polar surface area (TPSA) is 69.7 Å². The highest BCUT2D eigenvalue weighted by Crippen LogP contribution is 2.36. The molecule has 0 aromatic rings. The van der Waals surface area contributed by atoms with E-state index in [-0.39, 0.29) is 12.0 Å². The summed E-state index contributed by atoms with van der Waals surface area (Å²) in [5.74, 6) is -1.46. The summed E-state index contributed by atoms with van der Waals surface area (Å²) >= 11 is 0. The molecule has 3 atom stereocenters. The molecule has 25 heavy (non-hydrogen) atoms. The van der Waals surface area contributed by atoms with Crippen molar-refractivity contribution in [2.24, 2.45) is 5.92 Å². The average Bonchev–Trinajstić information content (AvgIpc) is 2.85. The molecule has 1 saturated heterocycles. The predicted molar refractivity (Wildman–Crippen MR) is 93.6 cm³/mol. The van der Waals surface area contributed by atoms with E-state index in [0.29, 0.717) is 17.6 Å². The normalized spacial score (nSPS) is 31.8. The number of carbonyl (C=O) groups is 3. The Morgan fingerprint density at radius 2 is 2.16 bits per heavy atom. The van der Waals surface area contributed by atoms with Gasteiger partial charge in [-0.2, -0.15) is 0 Å². The molecule has 134 valence electrons. The summed E-state index contributed by atoms with van der Waals surface area (Å²) in [5.41, 5.74) is 2.34. The summed E-state index contributed by atoms with van der Waals surface area (Å²) < 4.78 is 11.1. The first-order valence-corrected chi connectivity index (χ1v) is 8.42. The van der Waals surface area contributed by atoms with Crippen LogP contribution in [-0.4, -0.2) is 30.4 Å². The Morgan fingerprint density at radius 3 is 2.80 bits per heavy atom. The molecule has 5 heteroatoms. The van der Waals surface area contributed by atoms with Gasteiger partial charge in [0.05, 0.1) is 5.92 Å². The Morgan fingerprint density at radius 1 is 1.44 bits per heavy atom. The van der Waals surface area contributed by atoms with Gasteiger partial charge in [-0.25, -0.2) is 9.59 Å². The first-order chi connectivity index (χ1) is 11.9. The summed E-state index contributed by atoms with van der Waals surface area (Å²) in [6, 6.07) is 0.